The molecule has 18 heavy (non-hydrogen) atoms. The van der Waals surface area contributed by atoms with Crippen LogP contribution in [0.25, 0.3) is 0 Å². The van der Waals surface area contributed by atoms with Crippen LogP contribution < -0.4 is 10.6 Å². The number of hydrogen-bond donors (Lipinski definition) is 1. The molecule has 0 aliphatic heterocycles. The standard InChI is InChI=1S/C14H23N3S/c1-9-7-10(2)16-13(11(9)12(15)18)17(6)8-14(3,4)5/h7H,8H2,1-6H3,(H2,15,18). The highest BCUT2D eigenvalue weighted by molar-refractivity contribution is 7.80. The molecule has 100 valence electrons. The monoisotopic (exact) mass is 265 g/mol. The zero-order chi connectivity index (χ0) is 14.1. The lowest BCUT2D eigenvalue weighted by Crippen LogP contribution is -2.32. The highest BCUT2D eigenvalue weighted by Crippen LogP contribution is 2.25. The first-order valence-electron chi connectivity index (χ1n) is 6.11. The summed E-state index contributed by atoms with van der Waals surface area (Å²) in [6.45, 7) is 11.5. The Morgan fingerprint density at radius 2 is 1.94 bits per heavy atom. The second kappa shape index (κ2) is 5.22. The fourth-order valence-corrected chi connectivity index (χ4v) is 2.44. The summed E-state index contributed by atoms with van der Waals surface area (Å²) < 4.78 is 0. The van der Waals surface area contributed by atoms with E-state index in [1.54, 1.807) is 0 Å². The number of nitrogens with zero attached hydrogens (tertiary/aromatic N) is 2. The summed E-state index contributed by atoms with van der Waals surface area (Å²) in [5.74, 6) is 0.884. The predicted molar refractivity (Wildman–Crippen MR) is 82.3 cm³/mol. The Kier molecular flexibility index (Phi) is 4.32. The minimum atomic E-state index is 0.196. The molecule has 0 unspecified atom stereocenters. The van der Waals surface area contributed by atoms with Crippen molar-refractivity contribution in [3.8, 4) is 0 Å². The number of rotatable bonds is 3. The van der Waals surface area contributed by atoms with Crippen molar-refractivity contribution in [2.24, 2.45) is 11.1 Å². The van der Waals surface area contributed by atoms with Gasteiger partial charge in [-0.05, 0) is 30.9 Å². The molecule has 0 saturated carbocycles. The molecule has 1 aromatic heterocycles. The van der Waals surface area contributed by atoms with E-state index in [0.29, 0.717) is 4.99 Å². The van der Waals surface area contributed by atoms with Crippen LogP contribution in [0.1, 0.15) is 37.6 Å². The van der Waals surface area contributed by atoms with Crippen molar-refractivity contribution in [1.29, 1.82) is 0 Å². The molecule has 0 radical (unpaired) electrons. The Labute approximate surface area is 115 Å². The van der Waals surface area contributed by atoms with E-state index in [4.69, 9.17) is 18.0 Å². The summed E-state index contributed by atoms with van der Waals surface area (Å²) in [7, 11) is 2.04. The molecule has 0 amide bonds. The van der Waals surface area contributed by atoms with Gasteiger partial charge in [0.2, 0.25) is 0 Å². The summed E-state index contributed by atoms with van der Waals surface area (Å²) in [5, 5.41) is 0. The third-order valence-corrected chi connectivity index (χ3v) is 2.85. The van der Waals surface area contributed by atoms with E-state index in [1.807, 2.05) is 27.0 Å². The molecule has 0 fully saturated rings. The van der Waals surface area contributed by atoms with Crippen LogP contribution in [-0.2, 0) is 0 Å². The van der Waals surface area contributed by atoms with E-state index in [-0.39, 0.29) is 5.41 Å². The van der Waals surface area contributed by atoms with Gasteiger partial charge in [-0.1, -0.05) is 33.0 Å². The molecule has 2 N–H and O–H groups in total. The van der Waals surface area contributed by atoms with E-state index in [1.165, 1.54) is 0 Å². The largest absolute Gasteiger partial charge is 0.389 e. The molecule has 4 heteroatoms. The number of nitrogens with two attached hydrogens (primary N) is 1. The summed E-state index contributed by atoms with van der Waals surface area (Å²) >= 11 is 5.15. The third-order valence-electron chi connectivity index (χ3n) is 2.65. The summed E-state index contributed by atoms with van der Waals surface area (Å²) in [5.41, 5.74) is 9.00. The van der Waals surface area contributed by atoms with Crippen LogP contribution in [-0.4, -0.2) is 23.6 Å². The molecule has 0 saturated heterocycles. The number of pyridine rings is 1. The molecular formula is C14H23N3S. The van der Waals surface area contributed by atoms with Gasteiger partial charge in [-0.25, -0.2) is 4.98 Å². The molecular weight excluding hydrogens is 242 g/mol. The Hall–Kier alpha value is -1.16. The number of aryl methyl sites for hydroxylation is 2. The van der Waals surface area contributed by atoms with Crippen LogP contribution in [0.5, 0.6) is 0 Å². The molecule has 0 atom stereocenters. The molecule has 3 nitrogen and oxygen atoms in total. The van der Waals surface area contributed by atoms with Crippen LogP contribution >= 0.6 is 12.2 Å². The lowest BCUT2D eigenvalue weighted by molar-refractivity contribution is 0.417. The molecule has 0 aliphatic carbocycles. The van der Waals surface area contributed by atoms with Crippen molar-refractivity contribution in [3.05, 3.63) is 22.9 Å². The smallest absolute Gasteiger partial charge is 0.139 e. The average molecular weight is 265 g/mol. The molecule has 0 aliphatic rings. The highest BCUT2D eigenvalue weighted by atomic mass is 32.1. The Morgan fingerprint density at radius 3 is 2.39 bits per heavy atom. The van der Waals surface area contributed by atoms with E-state index < -0.39 is 0 Å². The minimum absolute atomic E-state index is 0.196. The second-order valence-corrected chi connectivity index (χ2v) is 6.50. The number of hydrogen-bond acceptors (Lipinski definition) is 3. The molecule has 0 aromatic carbocycles. The third kappa shape index (κ3) is 3.67. The van der Waals surface area contributed by atoms with Gasteiger partial charge in [0, 0.05) is 19.3 Å². The van der Waals surface area contributed by atoms with Crippen LogP contribution in [0.4, 0.5) is 5.82 Å². The maximum absolute atomic E-state index is 5.83. The average Bonchev–Trinajstić information content (AvgIpc) is 2.12. The van der Waals surface area contributed by atoms with E-state index in [2.05, 4.69) is 30.7 Å². The quantitative estimate of drug-likeness (QED) is 0.853. The van der Waals surface area contributed by atoms with Gasteiger partial charge in [-0.3, -0.25) is 0 Å². The number of anilines is 1. The van der Waals surface area contributed by atoms with Crippen LogP contribution in [0, 0.1) is 19.3 Å². The molecule has 1 rings (SSSR count). The normalized spacial score (nSPS) is 11.4. The van der Waals surface area contributed by atoms with Gasteiger partial charge in [-0.15, -0.1) is 0 Å². The van der Waals surface area contributed by atoms with Crippen molar-refractivity contribution in [2.75, 3.05) is 18.5 Å². The summed E-state index contributed by atoms with van der Waals surface area (Å²) in [6, 6.07) is 2.02. The first-order chi connectivity index (χ1) is 8.11. The number of thiocarbonyl (C=S) groups is 1. The molecule has 0 spiro atoms. The van der Waals surface area contributed by atoms with Gasteiger partial charge in [0.05, 0.1) is 5.56 Å². The van der Waals surface area contributed by atoms with Crippen molar-refractivity contribution >= 4 is 23.0 Å². The van der Waals surface area contributed by atoms with Gasteiger partial charge < -0.3 is 10.6 Å². The van der Waals surface area contributed by atoms with Crippen molar-refractivity contribution in [2.45, 2.75) is 34.6 Å². The second-order valence-electron chi connectivity index (χ2n) is 6.06. The molecule has 1 heterocycles. The Bertz CT molecular complexity index is 461. The lowest BCUT2D eigenvalue weighted by Gasteiger charge is -2.29. The number of aromatic nitrogens is 1. The van der Waals surface area contributed by atoms with Crippen LogP contribution in [0.2, 0.25) is 0 Å². The van der Waals surface area contributed by atoms with E-state index in [0.717, 1.165) is 29.2 Å². The summed E-state index contributed by atoms with van der Waals surface area (Å²) in [6.07, 6.45) is 0. The molecule has 1 aromatic rings. The first-order valence-corrected chi connectivity index (χ1v) is 6.52. The van der Waals surface area contributed by atoms with Crippen LogP contribution in [0.15, 0.2) is 6.07 Å². The highest BCUT2D eigenvalue weighted by Gasteiger charge is 2.19. The maximum Gasteiger partial charge on any atom is 0.139 e. The first kappa shape index (κ1) is 14.9. The lowest BCUT2D eigenvalue weighted by atomic mass is 9.96. The van der Waals surface area contributed by atoms with Crippen molar-refractivity contribution in [3.63, 3.8) is 0 Å². The van der Waals surface area contributed by atoms with Crippen molar-refractivity contribution < 1.29 is 0 Å². The summed E-state index contributed by atoms with van der Waals surface area (Å²) in [4.78, 5) is 7.14. The van der Waals surface area contributed by atoms with Crippen LogP contribution in [0.3, 0.4) is 0 Å². The topological polar surface area (TPSA) is 42.1 Å². The predicted octanol–water partition coefficient (Wildman–Crippen LogP) is 2.81. The minimum Gasteiger partial charge on any atom is -0.389 e. The van der Waals surface area contributed by atoms with E-state index >= 15 is 0 Å². The van der Waals surface area contributed by atoms with Gasteiger partial charge in [0.25, 0.3) is 0 Å². The van der Waals surface area contributed by atoms with Gasteiger partial charge in [0.1, 0.15) is 10.8 Å². The molecule has 0 bridgehead atoms. The Morgan fingerprint density at radius 1 is 1.39 bits per heavy atom. The van der Waals surface area contributed by atoms with Gasteiger partial charge >= 0.3 is 0 Å². The zero-order valence-corrected chi connectivity index (χ0v) is 13.0. The fraction of sp³-hybridized carbons (Fsp3) is 0.571. The zero-order valence-electron chi connectivity index (χ0n) is 12.2. The van der Waals surface area contributed by atoms with Gasteiger partial charge in [-0.2, -0.15) is 0 Å². The maximum atomic E-state index is 5.83. The fourth-order valence-electron chi connectivity index (χ4n) is 2.18. The van der Waals surface area contributed by atoms with E-state index in [9.17, 15) is 0 Å². The SMILES string of the molecule is Cc1cc(C)c(C(N)=S)c(N(C)CC(C)(C)C)n1. The van der Waals surface area contributed by atoms with Crippen molar-refractivity contribution in [1.82, 2.24) is 4.98 Å². The Balaban J connectivity index is 3.26. The van der Waals surface area contributed by atoms with Gasteiger partial charge in [0.15, 0.2) is 0 Å².